The Balaban J connectivity index is 1.76. The van der Waals surface area contributed by atoms with E-state index < -0.39 is 5.97 Å². The highest BCUT2D eigenvalue weighted by molar-refractivity contribution is 6.30. The maximum Gasteiger partial charge on any atom is 0.306 e. The van der Waals surface area contributed by atoms with E-state index in [1.807, 2.05) is 37.3 Å². The normalized spacial score (nSPS) is 11.5. The van der Waals surface area contributed by atoms with Crippen LogP contribution in [0, 0.1) is 0 Å². The van der Waals surface area contributed by atoms with Gasteiger partial charge in [-0.1, -0.05) is 41.9 Å². The van der Waals surface area contributed by atoms with E-state index in [2.05, 4.69) is 0 Å². The Morgan fingerprint density at radius 2 is 1.63 bits per heavy atom. The summed E-state index contributed by atoms with van der Waals surface area (Å²) in [4.78, 5) is 37.6. The molecule has 1 unspecified atom stereocenters. The number of hydrogen-bond acceptors (Lipinski definition) is 4. The van der Waals surface area contributed by atoms with Crippen molar-refractivity contribution >= 4 is 29.3 Å². The number of amides is 1. The zero-order valence-electron chi connectivity index (χ0n) is 15.4. The van der Waals surface area contributed by atoms with Gasteiger partial charge in [0.15, 0.2) is 12.4 Å². The van der Waals surface area contributed by atoms with Crippen molar-refractivity contribution in [2.45, 2.75) is 25.8 Å². The molecule has 0 saturated carbocycles. The molecule has 2 aromatic carbocycles. The van der Waals surface area contributed by atoms with E-state index in [1.54, 1.807) is 31.3 Å². The van der Waals surface area contributed by atoms with E-state index in [0.29, 0.717) is 10.6 Å². The Morgan fingerprint density at radius 1 is 1.00 bits per heavy atom. The number of carbonyl (C=O) groups excluding carboxylic acids is 3. The Kier molecular flexibility index (Phi) is 7.55. The van der Waals surface area contributed by atoms with Gasteiger partial charge in [-0.15, -0.1) is 0 Å². The third-order valence-electron chi connectivity index (χ3n) is 4.34. The maximum absolute atomic E-state index is 12.2. The summed E-state index contributed by atoms with van der Waals surface area (Å²) in [5, 5.41) is 0.540. The molecule has 0 aliphatic carbocycles. The molecule has 1 amide bonds. The van der Waals surface area contributed by atoms with Crippen molar-refractivity contribution in [3.63, 3.8) is 0 Å². The molecule has 27 heavy (non-hydrogen) atoms. The van der Waals surface area contributed by atoms with Crippen molar-refractivity contribution < 1.29 is 19.1 Å². The van der Waals surface area contributed by atoms with E-state index in [4.69, 9.17) is 16.3 Å². The number of hydrogen-bond donors (Lipinski definition) is 0. The van der Waals surface area contributed by atoms with Crippen LogP contribution in [-0.4, -0.2) is 36.2 Å². The fourth-order valence-corrected chi connectivity index (χ4v) is 2.61. The van der Waals surface area contributed by atoms with Gasteiger partial charge >= 0.3 is 5.97 Å². The largest absolute Gasteiger partial charge is 0.456 e. The summed E-state index contributed by atoms with van der Waals surface area (Å²) in [5.41, 5.74) is 1.48. The summed E-state index contributed by atoms with van der Waals surface area (Å²) in [5.74, 6) is -1.06. The lowest BCUT2D eigenvalue weighted by Gasteiger charge is -2.25. The standard InChI is InChI=1S/C21H22ClNO4/c1-15(16-6-4-3-5-7-16)23(2)20(25)14-27-21(26)13-12-19(24)17-8-10-18(22)11-9-17/h3-11,15H,12-14H2,1-2H3. The molecule has 6 heteroatoms. The van der Waals surface area contributed by atoms with Gasteiger partial charge in [-0.3, -0.25) is 14.4 Å². The van der Waals surface area contributed by atoms with Crippen LogP contribution in [-0.2, 0) is 14.3 Å². The van der Waals surface area contributed by atoms with Gasteiger partial charge < -0.3 is 9.64 Å². The van der Waals surface area contributed by atoms with Crippen molar-refractivity contribution in [1.29, 1.82) is 0 Å². The molecule has 1 atom stereocenters. The first-order valence-electron chi connectivity index (χ1n) is 8.63. The predicted molar refractivity (Wildman–Crippen MR) is 104 cm³/mol. The fourth-order valence-electron chi connectivity index (χ4n) is 2.48. The summed E-state index contributed by atoms with van der Waals surface area (Å²) in [6, 6.07) is 15.9. The summed E-state index contributed by atoms with van der Waals surface area (Å²) < 4.78 is 5.01. The summed E-state index contributed by atoms with van der Waals surface area (Å²) in [6.45, 7) is 1.56. The highest BCUT2D eigenvalue weighted by Gasteiger charge is 2.19. The molecule has 0 bridgehead atoms. The second-order valence-electron chi connectivity index (χ2n) is 6.18. The summed E-state index contributed by atoms with van der Waals surface area (Å²) in [7, 11) is 1.66. The van der Waals surface area contributed by atoms with Gasteiger partial charge in [0.25, 0.3) is 5.91 Å². The number of ketones is 1. The molecule has 0 radical (unpaired) electrons. The summed E-state index contributed by atoms with van der Waals surface area (Å²) in [6.07, 6.45) is -0.0579. The first kappa shape index (κ1) is 20.6. The first-order chi connectivity index (χ1) is 12.9. The van der Waals surface area contributed by atoms with Crippen LogP contribution in [0.15, 0.2) is 54.6 Å². The Labute approximate surface area is 163 Å². The zero-order chi connectivity index (χ0) is 19.8. The van der Waals surface area contributed by atoms with Crippen LogP contribution >= 0.6 is 11.6 Å². The second-order valence-corrected chi connectivity index (χ2v) is 6.62. The second kappa shape index (κ2) is 9.88. The molecule has 0 fully saturated rings. The predicted octanol–water partition coefficient (Wildman–Crippen LogP) is 4.07. The topological polar surface area (TPSA) is 63.7 Å². The SMILES string of the molecule is CC(c1ccccc1)N(C)C(=O)COC(=O)CCC(=O)c1ccc(Cl)cc1. The third kappa shape index (κ3) is 6.22. The number of benzene rings is 2. The zero-order valence-corrected chi connectivity index (χ0v) is 16.1. The molecule has 0 heterocycles. The number of halogens is 1. The van der Waals surface area contributed by atoms with E-state index >= 15 is 0 Å². The minimum atomic E-state index is -0.577. The van der Waals surface area contributed by atoms with Crippen LogP contribution in [0.5, 0.6) is 0 Å². The van der Waals surface area contributed by atoms with Crippen LogP contribution in [0.3, 0.4) is 0 Å². The molecule has 2 aromatic rings. The van der Waals surface area contributed by atoms with Gasteiger partial charge in [0.05, 0.1) is 12.5 Å². The highest BCUT2D eigenvalue weighted by Crippen LogP contribution is 2.18. The molecule has 142 valence electrons. The van der Waals surface area contributed by atoms with Gasteiger partial charge in [-0.25, -0.2) is 0 Å². The van der Waals surface area contributed by atoms with Crippen molar-refractivity contribution in [2.24, 2.45) is 0 Å². The maximum atomic E-state index is 12.2. The molecule has 0 N–H and O–H groups in total. The monoisotopic (exact) mass is 387 g/mol. The van der Waals surface area contributed by atoms with Gasteiger partial charge in [0.1, 0.15) is 0 Å². The van der Waals surface area contributed by atoms with E-state index in [9.17, 15) is 14.4 Å². The average molecular weight is 388 g/mol. The van der Waals surface area contributed by atoms with Crippen LogP contribution in [0.4, 0.5) is 0 Å². The number of likely N-dealkylation sites (N-methyl/N-ethyl adjacent to an activating group) is 1. The molecule has 0 saturated heterocycles. The minimum Gasteiger partial charge on any atom is -0.456 e. The van der Waals surface area contributed by atoms with Crippen LogP contribution in [0.1, 0.15) is 41.7 Å². The molecule has 0 spiro atoms. The number of rotatable bonds is 8. The lowest BCUT2D eigenvalue weighted by atomic mass is 10.1. The van der Waals surface area contributed by atoms with E-state index in [0.717, 1.165) is 5.56 Å². The fraction of sp³-hybridized carbons (Fsp3) is 0.286. The number of carbonyl (C=O) groups is 3. The number of Topliss-reactive ketones (excluding diaryl/α,β-unsaturated/α-hetero) is 1. The lowest BCUT2D eigenvalue weighted by molar-refractivity contribution is -0.152. The molecular weight excluding hydrogens is 366 g/mol. The molecule has 0 aromatic heterocycles. The first-order valence-corrected chi connectivity index (χ1v) is 9.01. The van der Waals surface area contributed by atoms with Crippen molar-refractivity contribution in [2.75, 3.05) is 13.7 Å². The Bertz CT molecular complexity index is 790. The average Bonchev–Trinajstić information content (AvgIpc) is 2.70. The molecular formula is C21H22ClNO4. The van der Waals surface area contributed by atoms with Crippen molar-refractivity contribution in [3.05, 3.63) is 70.7 Å². The van der Waals surface area contributed by atoms with E-state index in [1.165, 1.54) is 4.90 Å². The Hall–Kier alpha value is -2.66. The van der Waals surface area contributed by atoms with Gasteiger partial charge in [-0.05, 0) is 36.8 Å². The van der Waals surface area contributed by atoms with Gasteiger partial charge in [0.2, 0.25) is 0 Å². The molecule has 5 nitrogen and oxygen atoms in total. The number of esters is 1. The Morgan fingerprint density at radius 3 is 2.26 bits per heavy atom. The third-order valence-corrected chi connectivity index (χ3v) is 4.59. The quantitative estimate of drug-likeness (QED) is 0.506. The minimum absolute atomic E-state index is 0.0188. The van der Waals surface area contributed by atoms with Crippen LogP contribution in [0.25, 0.3) is 0 Å². The van der Waals surface area contributed by atoms with Crippen molar-refractivity contribution in [3.8, 4) is 0 Å². The van der Waals surface area contributed by atoms with Crippen LogP contribution < -0.4 is 0 Å². The number of ether oxygens (including phenoxy) is 1. The van der Waals surface area contributed by atoms with E-state index in [-0.39, 0.29) is 37.2 Å². The molecule has 0 aliphatic rings. The van der Waals surface area contributed by atoms with Crippen LogP contribution in [0.2, 0.25) is 5.02 Å². The van der Waals surface area contributed by atoms with Crippen molar-refractivity contribution in [1.82, 2.24) is 4.90 Å². The molecule has 2 rings (SSSR count). The smallest absolute Gasteiger partial charge is 0.306 e. The number of nitrogens with zero attached hydrogens (tertiary/aromatic N) is 1. The molecule has 0 aliphatic heterocycles. The van der Waals surface area contributed by atoms with Gasteiger partial charge in [0, 0.05) is 24.1 Å². The van der Waals surface area contributed by atoms with Gasteiger partial charge in [-0.2, -0.15) is 0 Å². The lowest BCUT2D eigenvalue weighted by Crippen LogP contribution is -2.33. The highest BCUT2D eigenvalue weighted by atomic mass is 35.5. The summed E-state index contributed by atoms with van der Waals surface area (Å²) >= 11 is 5.78.